The molecule has 1 N–H and O–H groups in total. The molecule has 0 radical (unpaired) electrons. The van der Waals surface area contributed by atoms with Gasteiger partial charge in [0.25, 0.3) is 5.69 Å². The summed E-state index contributed by atoms with van der Waals surface area (Å²) in [6.07, 6.45) is 2.83. The summed E-state index contributed by atoms with van der Waals surface area (Å²) < 4.78 is 7.12. The smallest absolute Gasteiger partial charge is 0.308 e. The molecule has 0 atom stereocenters. The van der Waals surface area contributed by atoms with Crippen molar-refractivity contribution in [3.63, 3.8) is 0 Å². The topological polar surface area (TPSA) is 112 Å². The zero-order valence-corrected chi connectivity index (χ0v) is 16.1. The summed E-state index contributed by atoms with van der Waals surface area (Å²) >= 11 is 0. The van der Waals surface area contributed by atoms with Gasteiger partial charge in [-0.25, -0.2) is 4.98 Å². The molecule has 0 saturated heterocycles. The average molecular weight is 393 g/mol. The van der Waals surface area contributed by atoms with Crippen molar-refractivity contribution in [2.75, 3.05) is 5.43 Å². The van der Waals surface area contributed by atoms with E-state index in [2.05, 4.69) is 20.1 Å². The van der Waals surface area contributed by atoms with Gasteiger partial charge < -0.3 is 9.30 Å². The summed E-state index contributed by atoms with van der Waals surface area (Å²) in [6, 6.07) is 12.1. The molecule has 0 aliphatic carbocycles. The summed E-state index contributed by atoms with van der Waals surface area (Å²) in [5, 5.41) is 14.8. The van der Waals surface area contributed by atoms with E-state index in [1.165, 1.54) is 25.3 Å². The Hall–Kier alpha value is -4.01. The largest absolute Gasteiger partial charge is 0.427 e. The second-order valence-electron chi connectivity index (χ2n) is 6.28. The fourth-order valence-corrected chi connectivity index (χ4v) is 2.87. The first-order valence-electron chi connectivity index (χ1n) is 8.72. The minimum Gasteiger partial charge on any atom is -0.427 e. The molecular formula is C20H19N5O4. The predicted octanol–water partition coefficient (Wildman–Crippen LogP) is 3.77. The van der Waals surface area contributed by atoms with Gasteiger partial charge in [0.1, 0.15) is 17.8 Å². The summed E-state index contributed by atoms with van der Waals surface area (Å²) in [4.78, 5) is 25.1. The number of nitrogens with zero attached hydrogens (tertiary/aromatic N) is 4. The number of carbonyl (C=O) groups is 1. The van der Waals surface area contributed by atoms with Crippen LogP contribution in [-0.4, -0.2) is 26.7 Å². The van der Waals surface area contributed by atoms with Gasteiger partial charge in [0.05, 0.1) is 11.1 Å². The fourth-order valence-electron chi connectivity index (χ4n) is 2.87. The predicted molar refractivity (Wildman–Crippen MR) is 109 cm³/mol. The second-order valence-corrected chi connectivity index (χ2v) is 6.28. The number of carbonyl (C=O) groups excluding carboxylic acids is 1. The average Bonchev–Trinajstić information content (AvgIpc) is 2.96. The van der Waals surface area contributed by atoms with Crippen LogP contribution < -0.4 is 10.2 Å². The monoisotopic (exact) mass is 393 g/mol. The maximum atomic E-state index is 11.0. The van der Waals surface area contributed by atoms with E-state index in [-0.39, 0.29) is 11.7 Å². The molecular weight excluding hydrogens is 374 g/mol. The number of esters is 1. The lowest BCUT2D eigenvalue weighted by molar-refractivity contribution is -0.385. The summed E-state index contributed by atoms with van der Waals surface area (Å²) in [5.74, 6) is 0.534. The highest BCUT2D eigenvalue weighted by atomic mass is 16.6. The Morgan fingerprint density at radius 1 is 1.24 bits per heavy atom. The first-order valence-corrected chi connectivity index (χ1v) is 8.72. The molecule has 0 unspecified atom stereocenters. The standard InChI is InChI=1S/C20H19N5O4/c1-13-10-16(11-22-23-20-9-6-18(12-21-20)25(27)28)14(2)24(13)17-4-7-19(8-5-17)29-15(3)26/h4-12H,1-3H3,(H,21,23). The highest BCUT2D eigenvalue weighted by Gasteiger charge is 2.10. The third-order valence-corrected chi connectivity index (χ3v) is 4.17. The summed E-state index contributed by atoms with van der Waals surface area (Å²) in [5.41, 5.74) is 6.50. The number of benzene rings is 1. The van der Waals surface area contributed by atoms with Crippen molar-refractivity contribution in [3.8, 4) is 11.4 Å². The molecule has 9 heteroatoms. The highest BCUT2D eigenvalue weighted by molar-refractivity contribution is 5.82. The highest BCUT2D eigenvalue weighted by Crippen LogP contribution is 2.22. The normalized spacial score (nSPS) is 10.9. The molecule has 0 bridgehead atoms. The Balaban J connectivity index is 1.75. The summed E-state index contributed by atoms with van der Waals surface area (Å²) in [7, 11) is 0. The number of nitrogens with one attached hydrogen (secondary N) is 1. The molecule has 0 fully saturated rings. The van der Waals surface area contributed by atoms with Crippen LogP contribution in [0.1, 0.15) is 23.9 Å². The Labute approximate surface area is 166 Å². The molecule has 0 aliphatic heterocycles. The van der Waals surface area contributed by atoms with Crippen LogP contribution in [0.5, 0.6) is 5.75 Å². The van der Waals surface area contributed by atoms with Gasteiger partial charge in [-0.1, -0.05) is 0 Å². The van der Waals surface area contributed by atoms with Gasteiger partial charge in [-0.2, -0.15) is 5.10 Å². The van der Waals surface area contributed by atoms with Crippen molar-refractivity contribution in [1.29, 1.82) is 0 Å². The first kappa shape index (κ1) is 19.7. The van der Waals surface area contributed by atoms with Crippen molar-refractivity contribution in [1.82, 2.24) is 9.55 Å². The van der Waals surface area contributed by atoms with E-state index in [1.54, 1.807) is 18.3 Å². The van der Waals surface area contributed by atoms with Crippen LogP contribution in [0.4, 0.5) is 11.5 Å². The third kappa shape index (κ3) is 4.64. The minimum absolute atomic E-state index is 0.0807. The first-order chi connectivity index (χ1) is 13.8. The Bertz CT molecular complexity index is 1070. The number of aromatic nitrogens is 2. The molecule has 0 amide bonds. The lowest BCUT2D eigenvalue weighted by atomic mass is 10.2. The lowest BCUT2D eigenvalue weighted by Crippen LogP contribution is -2.03. The van der Waals surface area contributed by atoms with Crippen LogP contribution in [0.2, 0.25) is 0 Å². The van der Waals surface area contributed by atoms with Gasteiger partial charge >= 0.3 is 5.97 Å². The molecule has 1 aromatic carbocycles. The lowest BCUT2D eigenvalue weighted by Gasteiger charge is -2.10. The molecule has 2 aromatic heterocycles. The van der Waals surface area contributed by atoms with E-state index in [4.69, 9.17) is 4.74 Å². The van der Waals surface area contributed by atoms with Gasteiger partial charge in [0.2, 0.25) is 0 Å². The van der Waals surface area contributed by atoms with Gasteiger partial charge in [0.15, 0.2) is 0 Å². The van der Waals surface area contributed by atoms with Crippen LogP contribution in [-0.2, 0) is 4.79 Å². The van der Waals surface area contributed by atoms with Gasteiger partial charge in [-0.15, -0.1) is 0 Å². The number of hydrogen-bond acceptors (Lipinski definition) is 7. The maximum absolute atomic E-state index is 11.0. The van der Waals surface area contributed by atoms with E-state index >= 15 is 0 Å². The molecule has 0 spiro atoms. The van der Waals surface area contributed by atoms with E-state index in [0.29, 0.717) is 11.6 Å². The minimum atomic E-state index is -0.506. The number of pyridine rings is 1. The molecule has 9 nitrogen and oxygen atoms in total. The van der Waals surface area contributed by atoms with Gasteiger partial charge in [-0.05, 0) is 50.2 Å². The second kappa shape index (κ2) is 8.34. The molecule has 3 aromatic rings. The van der Waals surface area contributed by atoms with Crippen molar-refractivity contribution >= 4 is 23.7 Å². The van der Waals surface area contributed by atoms with E-state index in [0.717, 1.165) is 22.6 Å². The summed E-state index contributed by atoms with van der Waals surface area (Å²) in [6.45, 7) is 5.31. The zero-order valence-electron chi connectivity index (χ0n) is 16.1. The SMILES string of the molecule is CC(=O)Oc1ccc(-n2c(C)cc(C=NNc3ccc([N+](=O)[O-])cn3)c2C)cc1. The number of ether oxygens (including phenoxy) is 1. The molecule has 3 rings (SSSR count). The van der Waals surface area contributed by atoms with Crippen molar-refractivity contribution in [2.24, 2.45) is 5.10 Å². The number of rotatable bonds is 6. The van der Waals surface area contributed by atoms with E-state index < -0.39 is 4.92 Å². The van der Waals surface area contributed by atoms with Crippen molar-refractivity contribution < 1.29 is 14.5 Å². The molecule has 0 aliphatic rings. The molecule has 2 heterocycles. The fraction of sp³-hybridized carbons (Fsp3) is 0.150. The number of nitro groups is 1. The number of hydrogen-bond donors (Lipinski definition) is 1. The van der Waals surface area contributed by atoms with Gasteiger partial charge in [0, 0.05) is 35.6 Å². The number of anilines is 1. The third-order valence-electron chi connectivity index (χ3n) is 4.17. The Morgan fingerprint density at radius 3 is 2.55 bits per heavy atom. The van der Waals surface area contributed by atoms with E-state index in [1.807, 2.05) is 32.0 Å². The van der Waals surface area contributed by atoms with Crippen molar-refractivity contribution in [2.45, 2.75) is 20.8 Å². The van der Waals surface area contributed by atoms with Crippen LogP contribution in [0, 0.1) is 24.0 Å². The molecule has 0 saturated carbocycles. The molecule has 148 valence electrons. The molecule has 29 heavy (non-hydrogen) atoms. The van der Waals surface area contributed by atoms with Crippen LogP contribution in [0.15, 0.2) is 53.8 Å². The number of aryl methyl sites for hydroxylation is 1. The Kier molecular flexibility index (Phi) is 5.68. The van der Waals surface area contributed by atoms with Gasteiger partial charge in [-0.3, -0.25) is 20.3 Å². The quantitative estimate of drug-likeness (QED) is 0.224. The zero-order chi connectivity index (χ0) is 21.0. The maximum Gasteiger partial charge on any atom is 0.308 e. The van der Waals surface area contributed by atoms with E-state index in [9.17, 15) is 14.9 Å². The van der Waals surface area contributed by atoms with Crippen molar-refractivity contribution in [3.05, 3.63) is 75.7 Å². The number of hydrazone groups is 1. The van der Waals surface area contributed by atoms with Crippen LogP contribution in [0.3, 0.4) is 0 Å². The Morgan fingerprint density at radius 2 is 1.97 bits per heavy atom. The van der Waals surface area contributed by atoms with Crippen LogP contribution >= 0.6 is 0 Å². The van der Waals surface area contributed by atoms with Crippen LogP contribution in [0.25, 0.3) is 5.69 Å².